The minimum Gasteiger partial charge on any atom is -0.468 e. The van der Waals surface area contributed by atoms with Crippen molar-refractivity contribution in [2.45, 2.75) is 37.4 Å². The van der Waals surface area contributed by atoms with E-state index in [-0.39, 0.29) is 6.54 Å². The van der Waals surface area contributed by atoms with Gasteiger partial charge in [0.1, 0.15) is 5.92 Å². The highest BCUT2D eigenvalue weighted by atomic mass is 19.4. The van der Waals surface area contributed by atoms with E-state index in [1.807, 2.05) is 0 Å². The van der Waals surface area contributed by atoms with E-state index in [2.05, 4.69) is 0 Å². The molecule has 1 aliphatic heterocycles. The molecule has 0 bridgehead atoms. The third kappa shape index (κ3) is 3.83. The molecule has 126 valence electrons. The Hall–Kier alpha value is -2.05. The first-order chi connectivity index (χ1) is 10.9. The molecule has 0 aromatic heterocycles. The van der Waals surface area contributed by atoms with Gasteiger partial charge in [0.25, 0.3) is 0 Å². The van der Waals surface area contributed by atoms with Crippen LogP contribution in [0.3, 0.4) is 0 Å². The predicted molar refractivity (Wildman–Crippen MR) is 76.6 cm³/mol. The smallest absolute Gasteiger partial charge is 0.468 e. The average molecular weight is 329 g/mol. The topological polar surface area (TPSA) is 46.6 Å². The third-order valence-corrected chi connectivity index (χ3v) is 4.05. The molecule has 1 heterocycles. The molecule has 1 amide bonds. The van der Waals surface area contributed by atoms with Crippen molar-refractivity contribution in [3.63, 3.8) is 0 Å². The van der Waals surface area contributed by atoms with Crippen LogP contribution in [0.25, 0.3) is 0 Å². The molecular formula is C16H18F3NO3. The van der Waals surface area contributed by atoms with E-state index in [4.69, 9.17) is 4.74 Å². The van der Waals surface area contributed by atoms with Crippen LogP contribution in [0.5, 0.6) is 0 Å². The molecule has 0 radical (unpaired) electrons. The van der Waals surface area contributed by atoms with E-state index in [1.165, 1.54) is 7.11 Å². The van der Waals surface area contributed by atoms with Crippen LogP contribution in [0, 0.1) is 0 Å². The van der Waals surface area contributed by atoms with Crippen LogP contribution in [0.1, 0.15) is 30.7 Å². The predicted octanol–water partition coefficient (Wildman–Crippen LogP) is 2.89. The minimum atomic E-state index is -4.95. The second kappa shape index (κ2) is 7.02. The Kier molecular flexibility index (Phi) is 5.28. The fraction of sp³-hybridized carbons (Fsp3) is 0.500. The molecule has 1 aliphatic rings. The maximum atomic E-state index is 12.8. The highest BCUT2D eigenvalue weighted by Crippen LogP contribution is 2.34. The number of methoxy groups -OCH3 is 1. The molecule has 7 heteroatoms. The first-order valence-corrected chi connectivity index (χ1v) is 7.37. The lowest BCUT2D eigenvalue weighted by Gasteiger charge is -2.39. The molecule has 1 aromatic carbocycles. The van der Waals surface area contributed by atoms with Crippen LogP contribution < -0.4 is 0 Å². The number of alkyl halides is 3. The number of hydrogen-bond donors (Lipinski definition) is 0. The van der Waals surface area contributed by atoms with Gasteiger partial charge in [-0.15, -0.1) is 0 Å². The van der Waals surface area contributed by atoms with Gasteiger partial charge in [-0.3, -0.25) is 9.59 Å². The highest BCUT2D eigenvalue weighted by Gasteiger charge is 2.48. The standard InChI is InChI=1S/C16H18F3NO3/c1-23-14(21)13(11-7-3-2-4-8-11)12-9-5-6-10-20(12)15(22)16(17,18)19/h2-4,7-8,12-13H,5-6,9-10H2,1H3. The molecule has 0 N–H and O–H groups in total. The van der Waals surface area contributed by atoms with Gasteiger partial charge < -0.3 is 9.64 Å². The van der Waals surface area contributed by atoms with Gasteiger partial charge >= 0.3 is 18.1 Å². The summed E-state index contributed by atoms with van der Waals surface area (Å²) in [7, 11) is 1.19. The number of hydrogen-bond acceptors (Lipinski definition) is 3. The largest absolute Gasteiger partial charge is 0.471 e. The normalized spacial score (nSPS) is 20.0. The van der Waals surface area contributed by atoms with Crippen molar-refractivity contribution < 1.29 is 27.5 Å². The number of nitrogens with zero attached hydrogens (tertiary/aromatic N) is 1. The molecule has 2 unspecified atom stereocenters. The fourth-order valence-corrected chi connectivity index (χ4v) is 3.02. The van der Waals surface area contributed by atoms with Gasteiger partial charge in [-0.05, 0) is 24.8 Å². The van der Waals surface area contributed by atoms with E-state index < -0.39 is 30.0 Å². The lowest BCUT2D eigenvalue weighted by atomic mass is 9.85. The highest BCUT2D eigenvalue weighted by molar-refractivity contribution is 5.85. The molecule has 1 aromatic rings. The first-order valence-electron chi connectivity index (χ1n) is 7.37. The molecule has 4 nitrogen and oxygen atoms in total. The SMILES string of the molecule is COC(=O)C(c1ccccc1)C1CCCCN1C(=O)C(F)(F)F. The van der Waals surface area contributed by atoms with Crippen molar-refractivity contribution in [1.29, 1.82) is 0 Å². The molecule has 0 aliphatic carbocycles. The summed E-state index contributed by atoms with van der Waals surface area (Å²) < 4.78 is 43.3. The number of carbonyl (C=O) groups is 2. The Bertz CT molecular complexity index is 559. The summed E-state index contributed by atoms with van der Waals surface area (Å²) in [4.78, 5) is 24.7. The number of carbonyl (C=O) groups excluding carboxylic acids is 2. The minimum absolute atomic E-state index is 0.0106. The van der Waals surface area contributed by atoms with Crippen molar-refractivity contribution in [2.75, 3.05) is 13.7 Å². The quantitative estimate of drug-likeness (QED) is 0.801. The van der Waals surface area contributed by atoms with Crippen LogP contribution in [0.2, 0.25) is 0 Å². The molecular weight excluding hydrogens is 311 g/mol. The van der Waals surface area contributed by atoms with Crippen LogP contribution in [0.4, 0.5) is 13.2 Å². The molecule has 1 fully saturated rings. The average Bonchev–Trinajstić information content (AvgIpc) is 2.55. The Labute approximate surface area is 132 Å². The van der Waals surface area contributed by atoms with Gasteiger partial charge in [-0.2, -0.15) is 13.2 Å². The lowest BCUT2D eigenvalue weighted by Crippen LogP contribution is -2.53. The molecule has 0 saturated carbocycles. The van der Waals surface area contributed by atoms with Crippen molar-refractivity contribution in [2.24, 2.45) is 0 Å². The van der Waals surface area contributed by atoms with Crippen molar-refractivity contribution >= 4 is 11.9 Å². The summed E-state index contributed by atoms with van der Waals surface area (Å²) in [6.45, 7) is -0.0106. The zero-order valence-corrected chi connectivity index (χ0v) is 12.7. The van der Waals surface area contributed by atoms with Crippen molar-refractivity contribution in [3.05, 3.63) is 35.9 Å². The zero-order chi connectivity index (χ0) is 17.0. The fourth-order valence-electron chi connectivity index (χ4n) is 3.02. The number of benzene rings is 1. The van der Waals surface area contributed by atoms with E-state index in [9.17, 15) is 22.8 Å². The number of ether oxygens (including phenoxy) is 1. The second-order valence-corrected chi connectivity index (χ2v) is 5.47. The maximum Gasteiger partial charge on any atom is 0.471 e. The molecule has 23 heavy (non-hydrogen) atoms. The van der Waals surface area contributed by atoms with E-state index in [1.54, 1.807) is 30.3 Å². The number of likely N-dealkylation sites (tertiary alicyclic amines) is 1. The first kappa shape index (κ1) is 17.3. The third-order valence-electron chi connectivity index (χ3n) is 4.05. The van der Waals surface area contributed by atoms with Gasteiger partial charge in [0, 0.05) is 12.6 Å². The van der Waals surface area contributed by atoms with Crippen molar-refractivity contribution in [3.8, 4) is 0 Å². The van der Waals surface area contributed by atoms with E-state index in [0.29, 0.717) is 24.8 Å². The summed E-state index contributed by atoms with van der Waals surface area (Å²) >= 11 is 0. The van der Waals surface area contributed by atoms with Crippen molar-refractivity contribution in [1.82, 2.24) is 4.90 Å². The maximum absolute atomic E-state index is 12.8. The summed E-state index contributed by atoms with van der Waals surface area (Å²) in [5, 5.41) is 0. The number of piperidine rings is 1. The Morgan fingerprint density at radius 1 is 1.22 bits per heavy atom. The molecule has 0 spiro atoms. The van der Waals surface area contributed by atoms with Gasteiger partial charge in [-0.1, -0.05) is 30.3 Å². The number of halogens is 3. The van der Waals surface area contributed by atoms with Crippen LogP contribution >= 0.6 is 0 Å². The van der Waals surface area contributed by atoms with Crippen LogP contribution in [-0.4, -0.2) is 42.6 Å². The summed E-state index contributed by atoms with van der Waals surface area (Å²) in [6, 6.07) is 7.61. The molecule has 1 saturated heterocycles. The van der Waals surface area contributed by atoms with Crippen LogP contribution in [-0.2, 0) is 14.3 Å². The van der Waals surface area contributed by atoms with Crippen LogP contribution in [0.15, 0.2) is 30.3 Å². The summed E-state index contributed by atoms with van der Waals surface area (Å²) in [6.07, 6.45) is -3.48. The number of rotatable bonds is 3. The molecule has 2 rings (SSSR count). The van der Waals surface area contributed by atoms with E-state index in [0.717, 1.165) is 4.90 Å². The second-order valence-electron chi connectivity index (χ2n) is 5.47. The van der Waals surface area contributed by atoms with Gasteiger partial charge in [-0.25, -0.2) is 0 Å². The Morgan fingerprint density at radius 2 is 1.87 bits per heavy atom. The van der Waals surface area contributed by atoms with Gasteiger partial charge in [0.05, 0.1) is 7.11 Å². The lowest BCUT2D eigenvalue weighted by molar-refractivity contribution is -0.190. The summed E-state index contributed by atoms with van der Waals surface area (Å²) in [5.74, 6) is -3.46. The number of esters is 1. The summed E-state index contributed by atoms with van der Waals surface area (Å²) in [5.41, 5.74) is 0.547. The molecule has 2 atom stereocenters. The Balaban J connectivity index is 2.38. The van der Waals surface area contributed by atoms with E-state index >= 15 is 0 Å². The number of amides is 1. The zero-order valence-electron chi connectivity index (χ0n) is 12.7. The monoisotopic (exact) mass is 329 g/mol. The van der Waals surface area contributed by atoms with Gasteiger partial charge in [0.2, 0.25) is 0 Å². The van der Waals surface area contributed by atoms with Gasteiger partial charge in [0.15, 0.2) is 0 Å². The Morgan fingerprint density at radius 3 is 2.43 bits per heavy atom.